The molecule has 1 aliphatic rings. The molecule has 3 rings (SSSR count). The number of fused-ring (bicyclic) bond motifs is 1. The molecule has 0 bridgehead atoms. The highest BCUT2D eigenvalue weighted by Gasteiger charge is 2.21. The number of rotatable bonds is 1. The number of hydrogen-bond acceptors (Lipinski definition) is 2. The summed E-state index contributed by atoms with van der Waals surface area (Å²) in [6.07, 6.45) is 5.11. The lowest BCUT2D eigenvalue weighted by Gasteiger charge is -2.13. The Morgan fingerprint density at radius 2 is 2.06 bits per heavy atom. The van der Waals surface area contributed by atoms with E-state index in [0.29, 0.717) is 12.0 Å². The van der Waals surface area contributed by atoms with Crippen LogP contribution in [0.4, 0.5) is 5.95 Å². The van der Waals surface area contributed by atoms with Gasteiger partial charge in [0.05, 0.1) is 11.0 Å². The van der Waals surface area contributed by atoms with Gasteiger partial charge >= 0.3 is 0 Å². The van der Waals surface area contributed by atoms with Crippen LogP contribution in [0, 0.1) is 6.92 Å². The van der Waals surface area contributed by atoms with Crippen LogP contribution in [0.3, 0.4) is 0 Å². The number of hydrogen-bond donors (Lipinski definition) is 1. The standard InChI is InChI=1S/C13H17N3/c1-9-6-7-12-11(8-9)15-13(14)16(12)10-4-2-3-5-10/h6-8,10H,2-5H2,1H3,(H2,14,15). The lowest BCUT2D eigenvalue weighted by Crippen LogP contribution is -2.08. The Kier molecular flexibility index (Phi) is 2.13. The van der Waals surface area contributed by atoms with Gasteiger partial charge < -0.3 is 10.3 Å². The highest BCUT2D eigenvalue weighted by molar-refractivity contribution is 5.79. The van der Waals surface area contributed by atoms with Crippen molar-refractivity contribution in [3.63, 3.8) is 0 Å². The van der Waals surface area contributed by atoms with Crippen LogP contribution < -0.4 is 5.73 Å². The van der Waals surface area contributed by atoms with E-state index in [9.17, 15) is 0 Å². The number of aromatic nitrogens is 2. The highest BCUT2D eigenvalue weighted by Crippen LogP contribution is 2.34. The van der Waals surface area contributed by atoms with E-state index in [2.05, 4.69) is 34.7 Å². The second-order valence-electron chi connectivity index (χ2n) is 4.77. The summed E-state index contributed by atoms with van der Waals surface area (Å²) in [6, 6.07) is 6.95. The first-order chi connectivity index (χ1) is 7.75. The quantitative estimate of drug-likeness (QED) is 0.794. The molecule has 0 radical (unpaired) electrons. The Balaban J connectivity index is 2.18. The number of nitrogens with two attached hydrogens (primary N) is 1. The van der Waals surface area contributed by atoms with Crippen LogP contribution in [0.25, 0.3) is 11.0 Å². The molecule has 0 unspecified atom stereocenters. The van der Waals surface area contributed by atoms with Gasteiger partial charge in [-0.2, -0.15) is 0 Å². The van der Waals surface area contributed by atoms with E-state index >= 15 is 0 Å². The number of imidazole rings is 1. The molecule has 0 spiro atoms. The Hall–Kier alpha value is -1.51. The smallest absolute Gasteiger partial charge is 0.201 e. The summed E-state index contributed by atoms with van der Waals surface area (Å²) in [5.74, 6) is 0.674. The van der Waals surface area contributed by atoms with Crippen molar-refractivity contribution in [1.29, 1.82) is 0 Å². The molecule has 84 valence electrons. The van der Waals surface area contributed by atoms with Crippen LogP contribution in [-0.2, 0) is 0 Å². The van der Waals surface area contributed by atoms with E-state index in [1.54, 1.807) is 0 Å². The van der Waals surface area contributed by atoms with Crippen molar-refractivity contribution in [2.75, 3.05) is 5.73 Å². The minimum Gasteiger partial charge on any atom is -0.369 e. The molecular formula is C13H17N3. The largest absolute Gasteiger partial charge is 0.369 e. The lowest BCUT2D eigenvalue weighted by molar-refractivity contribution is 0.539. The van der Waals surface area contributed by atoms with Crippen molar-refractivity contribution in [2.45, 2.75) is 38.6 Å². The van der Waals surface area contributed by atoms with Gasteiger partial charge in [-0.15, -0.1) is 0 Å². The number of aryl methyl sites for hydroxylation is 1. The molecule has 3 heteroatoms. The van der Waals surface area contributed by atoms with E-state index in [1.165, 1.54) is 36.8 Å². The molecule has 1 aromatic heterocycles. The molecule has 0 aliphatic heterocycles. The summed E-state index contributed by atoms with van der Waals surface area (Å²) in [6.45, 7) is 2.09. The second kappa shape index (κ2) is 3.51. The number of nitrogens with zero attached hydrogens (tertiary/aromatic N) is 2. The SMILES string of the molecule is Cc1ccc2c(c1)nc(N)n2C1CCCC1. The van der Waals surface area contributed by atoms with Crippen molar-refractivity contribution >= 4 is 17.0 Å². The zero-order chi connectivity index (χ0) is 11.1. The predicted octanol–water partition coefficient (Wildman–Crippen LogP) is 3.04. The number of benzene rings is 1. The molecule has 0 atom stereocenters. The number of anilines is 1. The summed E-state index contributed by atoms with van der Waals surface area (Å²) in [4.78, 5) is 4.46. The van der Waals surface area contributed by atoms with Gasteiger partial charge in [-0.25, -0.2) is 4.98 Å². The van der Waals surface area contributed by atoms with Gasteiger partial charge in [-0.3, -0.25) is 0 Å². The van der Waals surface area contributed by atoms with Crippen molar-refractivity contribution < 1.29 is 0 Å². The summed E-state index contributed by atoms with van der Waals surface area (Å²) in [5, 5.41) is 0. The Bertz CT molecular complexity index is 521. The van der Waals surface area contributed by atoms with Gasteiger partial charge in [0.25, 0.3) is 0 Å². The summed E-state index contributed by atoms with van der Waals surface area (Å²) < 4.78 is 2.22. The van der Waals surface area contributed by atoms with E-state index < -0.39 is 0 Å². The molecule has 1 fully saturated rings. The Morgan fingerprint density at radius 1 is 1.31 bits per heavy atom. The Labute approximate surface area is 95.3 Å². The molecule has 2 aromatic rings. The minimum atomic E-state index is 0.563. The first-order valence-electron chi connectivity index (χ1n) is 6.00. The molecule has 1 saturated carbocycles. The van der Waals surface area contributed by atoms with E-state index in [4.69, 9.17) is 5.73 Å². The molecular weight excluding hydrogens is 198 g/mol. The van der Waals surface area contributed by atoms with Crippen LogP contribution in [0.1, 0.15) is 37.3 Å². The molecule has 3 nitrogen and oxygen atoms in total. The molecule has 1 aliphatic carbocycles. The van der Waals surface area contributed by atoms with Crippen LogP contribution in [0.15, 0.2) is 18.2 Å². The fourth-order valence-electron chi connectivity index (χ4n) is 2.77. The normalized spacial score (nSPS) is 17.3. The second-order valence-corrected chi connectivity index (χ2v) is 4.77. The Morgan fingerprint density at radius 3 is 2.81 bits per heavy atom. The van der Waals surface area contributed by atoms with Gasteiger partial charge in [-0.1, -0.05) is 18.9 Å². The third kappa shape index (κ3) is 1.39. The van der Waals surface area contributed by atoms with Gasteiger partial charge in [0, 0.05) is 6.04 Å². The van der Waals surface area contributed by atoms with Crippen molar-refractivity contribution in [3.8, 4) is 0 Å². The third-order valence-electron chi connectivity index (χ3n) is 3.56. The predicted molar refractivity (Wildman–Crippen MR) is 66.4 cm³/mol. The van der Waals surface area contributed by atoms with Gasteiger partial charge in [-0.05, 0) is 37.5 Å². The highest BCUT2D eigenvalue weighted by atomic mass is 15.2. The van der Waals surface area contributed by atoms with Gasteiger partial charge in [0.15, 0.2) is 0 Å². The topological polar surface area (TPSA) is 43.8 Å². The zero-order valence-corrected chi connectivity index (χ0v) is 9.61. The summed E-state index contributed by atoms with van der Waals surface area (Å²) in [5.41, 5.74) is 9.50. The lowest BCUT2D eigenvalue weighted by atomic mass is 10.2. The average Bonchev–Trinajstić information content (AvgIpc) is 2.83. The zero-order valence-electron chi connectivity index (χ0n) is 9.61. The van der Waals surface area contributed by atoms with Crippen molar-refractivity contribution in [2.24, 2.45) is 0 Å². The molecule has 0 amide bonds. The minimum absolute atomic E-state index is 0.563. The summed E-state index contributed by atoms with van der Waals surface area (Å²) >= 11 is 0. The van der Waals surface area contributed by atoms with E-state index in [0.717, 1.165) is 5.52 Å². The molecule has 16 heavy (non-hydrogen) atoms. The average molecular weight is 215 g/mol. The van der Waals surface area contributed by atoms with E-state index in [1.807, 2.05) is 0 Å². The van der Waals surface area contributed by atoms with Crippen LogP contribution in [-0.4, -0.2) is 9.55 Å². The molecule has 1 heterocycles. The van der Waals surface area contributed by atoms with Crippen molar-refractivity contribution in [3.05, 3.63) is 23.8 Å². The maximum atomic E-state index is 6.04. The molecule has 1 aromatic carbocycles. The first-order valence-corrected chi connectivity index (χ1v) is 6.00. The van der Waals surface area contributed by atoms with Gasteiger partial charge in [0.2, 0.25) is 5.95 Å². The summed E-state index contributed by atoms with van der Waals surface area (Å²) in [7, 11) is 0. The van der Waals surface area contributed by atoms with Gasteiger partial charge in [0.1, 0.15) is 0 Å². The fourth-order valence-corrected chi connectivity index (χ4v) is 2.77. The first kappa shape index (κ1) is 9.70. The fraction of sp³-hybridized carbons (Fsp3) is 0.462. The van der Waals surface area contributed by atoms with Crippen LogP contribution in [0.5, 0.6) is 0 Å². The molecule has 2 N–H and O–H groups in total. The maximum Gasteiger partial charge on any atom is 0.201 e. The third-order valence-corrected chi connectivity index (χ3v) is 3.56. The molecule has 0 saturated heterocycles. The van der Waals surface area contributed by atoms with Crippen LogP contribution >= 0.6 is 0 Å². The monoisotopic (exact) mass is 215 g/mol. The maximum absolute atomic E-state index is 6.04. The number of nitrogen functional groups attached to an aromatic ring is 1. The van der Waals surface area contributed by atoms with Crippen LogP contribution in [0.2, 0.25) is 0 Å². The van der Waals surface area contributed by atoms with Crippen molar-refractivity contribution in [1.82, 2.24) is 9.55 Å². The van der Waals surface area contributed by atoms with E-state index in [-0.39, 0.29) is 0 Å².